The maximum atomic E-state index is 10.3. The monoisotopic (exact) mass is 170 g/mol. The number of aromatic nitrogens is 2. The van der Waals surface area contributed by atoms with Crippen LogP contribution in [0.25, 0.3) is 0 Å². The molecule has 0 aliphatic carbocycles. The molecule has 6 heteroatoms. The highest BCUT2D eigenvalue weighted by molar-refractivity contribution is 5.51. The van der Waals surface area contributed by atoms with Crippen molar-refractivity contribution < 1.29 is 4.92 Å². The van der Waals surface area contributed by atoms with Crippen LogP contribution in [0.5, 0.6) is 0 Å². The number of anilines is 1. The van der Waals surface area contributed by atoms with Gasteiger partial charge in [0.1, 0.15) is 0 Å². The van der Waals surface area contributed by atoms with Crippen LogP contribution >= 0.6 is 0 Å². The van der Waals surface area contributed by atoms with Crippen LogP contribution in [-0.4, -0.2) is 14.7 Å². The van der Waals surface area contributed by atoms with Gasteiger partial charge in [0.2, 0.25) is 0 Å². The number of nitrogens with zero attached hydrogens (tertiary/aromatic N) is 3. The molecule has 0 aliphatic heterocycles. The Balaban J connectivity index is 2.92. The minimum atomic E-state index is -0.582. The molecule has 1 rings (SSSR count). The molecule has 0 unspecified atom stereocenters. The first-order valence-electron chi connectivity index (χ1n) is 3.62. The number of nitrogen functional groups attached to an aromatic ring is 1. The Labute approximate surface area is 69.1 Å². The molecule has 12 heavy (non-hydrogen) atoms. The van der Waals surface area contributed by atoms with Gasteiger partial charge in [-0.2, -0.15) is 4.68 Å². The van der Waals surface area contributed by atoms with E-state index in [9.17, 15) is 10.1 Å². The normalized spacial score (nSPS) is 10.1. The molecule has 0 aliphatic rings. The molecule has 0 amide bonds. The van der Waals surface area contributed by atoms with Gasteiger partial charge >= 0.3 is 5.82 Å². The number of nitrogens with two attached hydrogens (primary N) is 1. The Morgan fingerprint density at radius 3 is 2.92 bits per heavy atom. The van der Waals surface area contributed by atoms with Crippen molar-refractivity contribution in [2.75, 3.05) is 5.73 Å². The fraction of sp³-hybridized carbons (Fsp3) is 0.500. The Morgan fingerprint density at radius 1 is 1.83 bits per heavy atom. The van der Waals surface area contributed by atoms with Crippen molar-refractivity contribution in [3.63, 3.8) is 0 Å². The quantitative estimate of drug-likeness (QED) is 0.536. The predicted molar refractivity (Wildman–Crippen MR) is 43.6 cm³/mol. The lowest BCUT2D eigenvalue weighted by molar-refractivity contribution is -0.388. The summed E-state index contributed by atoms with van der Waals surface area (Å²) in [5, 5.41) is 14.0. The number of hydrogen-bond donors (Lipinski definition) is 1. The maximum Gasteiger partial charge on any atom is 0.412 e. The molecular formula is C6H10N4O2. The first kappa shape index (κ1) is 8.51. The van der Waals surface area contributed by atoms with Gasteiger partial charge in [-0.25, -0.2) is 0 Å². The van der Waals surface area contributed by atoms with Crippen LogP contribution < -0.4 is 5.73 Å². The van der Waals surface area contributed by atoms with E-state index in [-0.39, 0.29) is 11.5 Å². The molecule has 0 bridgehead atoms. The molecule has 2 N–H and O–H groups in total. The summed E-state index contributed by atoms with van der Waals surface area (Å²) in [5.74, 6) is -0.261. The van der Waals surface area contributed by atoms with Crippen LogP contribution in [0.3, 0.4) is 0 Å². The van der Waals surface area contributed by atoms with Crippen LogP contribution in [0.15, 0.2) is 6.20 Å². The van der Waals surface area contributed by atoms with Gasteiger partial charge in [-0.15, -0.1) is 0 Å². The van der Waals surface area contributed by atoms with Crippen LogP contribution in [-0.2, 0) is 6.54 Å². The first-order valence-corrected chi connectivity index (χ1v) is 3.62. The molecule has 1 aromatic heterocycles. The van der Waals surface area contributed by atoms with E-state index in [2.05, 4.69) is 5.10 Å². The molecule has 6 nitrogen and oxygen atoms in total. The standard InChI is InChI=1S/C6H10N4O2/c1-2-3-9-4-5(7)6(8-9)10(11)12/h4H,2-3,7H2,1H3. The second-order valence-corrected chi connectivity index (χ2v) is 2.43. The van der Waals surface area contributed by atoms with Crippen molar-refractivity contribution in [2.45, 2.75) is 19.9 Å². The van der Waals surface area contributed by atoms with E-state index in [1.807, 2.05) is 6.92 Å². The van der Waals surface area contributed by atoms with E-state index in [0.717, 1.165) is 6.42 Å². The van der Waals surface area contributed by atoms with Gasteiger partial charge in [0.25, 0.3) is 0 Å². The smallest absolute Gasteiger partial charge is 0.390 e. The summed E-state index contributed by atoms with van der Waals surface area (Å²) in [6.45, 7) is 2.61. The molecule has 0 aromatic carbocycles. The average molecular weight is 170 g/mol. The molecule has 0 saturated carbocycles. The van der Waals surface area contributed by atoms with Crippen molar-refractivity contribution in [1.29, 1.82) is 0 Å². The molecule has 1 aromatic rings. The number of nitro groups is 1. The Morgan fingerprint density at radius 2 is 2.50 bits per heavy atom. The van der Waals surface area contributed by atoms with E-state index in [4.69, 9.17) is 5.73 Å². The molecule has 0 spiro atoms. The minimum Gasteiger partial charge on any atom is -0.390 e. The molecule has 0 fully saturated rings. The highest BCUT2D eigenvalue weighted by atomic mass is 16.6. The van der Waals surface area contributed by atoms with Crippen molar-refractivity contribution in [1.82, 2.24) is 9.78 Å². The van der Waals surface area contributed by atoms with Crippen molar-refractivity contribution in [3.05, 3.63) is 16.3 Å². The second kappa shape index (κ2) is 3.21. The average Bonchev–Trinajstić information content (AvgIpc) is 2.32. The van der Waals surface area contributed by atoms with Gasteiger partial charge in [-0.1, -0.05) is 6.92 Å². The predicted octanol–water partition coefficient (Wildman–Crippen LogP) is 0.783. The number of aryl methyl sites for hydroxylation is 1. The topological polar surface area (TPSA) is 87.0 Å². The highest BCUT2D eigenvalue weighted by Crippen LogP contribution is 2.17. The van der Waals surface area contributed by atoms with E-state index < -0.39 is 4.92 Å². The summed E-state index contributed by atoms with van der Waals surface area (Å²) in [6.07, 6.45) is 2.35. The summed E-state index contributed by atoms with van der Waals surface area (Å²) >= 11 is 0. The van der Waals surface area contributed by atoms with Crippen molar-refractivity contribution >= 4 is 11.5 Å². The summed E-state index contributed by atoms with van der Waals surface area (Å²) in [7, 11) is 0. The molecule has 0 atom stereocenters. The minimum absolute atomic E-state index is 0.119. The lowest BCUT2D eigenvalue weighted by Crippen LogP contribution is -1.98. The third-order valence-electron chi connectivity index (χ3n) is 1.40. The second-order valence-electron chi connectivity index (χ2n) is 2.43. The third-order valence-corrected chi connectivity index (χ3v) is 1.40. The molecule has 0 saturated heterocycles. The Bertz CT molecular complexity index is 294. The summed E-state index contributed by atoms with van der Waals surface area (Å²) in [6, 6.07) is 0. The third kappa shape index (κ3) is 1.52. The number of hydrogen-bond acceptors (Lipinski definition) is 4. The van der Waals surface area contributed by atoms with Gasteiger partial charge in [-0.05, 0) is 11.3 Å². The van der Waals surface area contributed by atoms with E-state index in [1.165, 1.54) is 10.9 Å². The van der Waals surface area contributed by atoms with Crippen molar-refractivity contribution in [2.24, 2.45) is 0 Å². The maximum absolute atomic E-state index is 10.3. The molecular weight excluding hydrogens is 160 g/mol. The van der Waals surface area contributed by atoms with Crippen LogP contribution in [0, 0.1) is 10.1 Å². The zero-order valence-corrected chi connectivity index (χ0v) is 6.73. The van der Waals surface area contributed by atoms with Crippen molar-refractivity contribution in [3.8, 4) is 0 Å². The van der Waals surface area contributed by atoms with E-state index >= 15 is 0 Å². The molecule has 1 heterocycles. The molecule has 0 radical (unpaired) electrons. The summed E-state index contributed by atoms with van der Waals surface area (Å²) < 4.78 is 1.48. The largest absolute Gasteiger partial charge is 0.412 e. The molecule has 66 valence electrons. The SMILES string of the molecule is CCCn1cc(N)c([N+](=O)[O-])n1. The fourth-order valence-electron chi connectivity index (χ4n) is 0.912. The first-order chi connectivity index (χ1) is 5.65. The lowest BCUT2D eigenvalue weighted by Gasteiger charge is -1.87. The summed E-state index contributed by atoms with van der Waals surface area (Å²) in [5.41, 5.74) is 5.47. The van der Waals surface area contributed by atoms with E-state index in [0.29, 0.717) is 6.54 Å². The van der Waals surface area contributed by atoms with Crippen LogP contribution in [0.4, 0.5) is 11.5 Å². The zero-order valence-electron chi connectivity index (χ0n) is 6.73. The fourth-order valence-corrected chi connectivity index (χ4v) is 0.912. The van der Waals surface area contributed by atoms with Gasteiger partial charge < -0.3 is 15.8 Å². The van der Waals surface area contributed by atoms with Crippen LogP contribution in [0.2, 0.25) is 0 Å². The number of rotatable bonds is 3. The highest BCUT2D eigenvalue weighted by Gasteiger charge is 2.16. The Hall–Kier alpha value is -1.59. The summed E-state index contributed by atoms with van der Waals surface area (Å²) in [4.78, 5) is 9.71. The van der Waals surface area contributed by atoms with Crippen LogP contribution in [0.1, 0.15) is 13.3 Å². The van der Waals surface area contributed by atoms with Gasteiger partial charge in [0.05, 0.1) is 17.8 Å². The Kier molecular flexibility index (Phi) is 2.27. The zero-order chi connectivity index (χ0) is 9.14. The van der Waals surface area contributed by atoms with Gasteiger partial charge in [0.15, 0.2) is 5.69 Å². The van der Waals surface area contributed by atoms with Gasteiger partial charge in [0, 0.05) is 0 Å². The van der Waals surface area contributed by atoms with Gasteiger partial charge in [-0.3, -0.25) is 0 Å². The lowest BCUT2D eigenvalue weighted by atomic mass is 10.5. The van der Waals surface area contributed by atoms with E-state index in [1.54, 1.807) is 0 Å².